The highest BCUT2D eigenvalue weighted by atomic mass is 16.5. The molecule has 6 heteroatoms. The van der Waals surface area contributed by atoms with Crippen LogP contribution in [0.15, 0.2) is 40.0 Å². The number of nitrogens with zero attached hydrogens (tertiary/aromatic N) is 2. The Balaban J connectivity index is 2.88. The first-order valence-electron chi connectivity index (χ1n) is 8.52. The smallest absolute Gasteiger partial charge is 0.250 e. The molecule has 0 fully saturated rings. The van der Waals surface area contributed by atoms with Crippen LogP contribution in [0, 0.1) is 12.8 Å². The summed E-state index contributed by atoms with van der Waals surface area (Å²) in [6, 6.07) is 0.0552. The highest BCUT2D eigenvalue weighted by Gasteiger charge is 2.25. The standard InChI is InChI=1S/C19H29N3O3/c1-8-13(4)18(16-11-21-25-15(16)6)24-17(20-7)10-9-14(5)19(23)22-12(2)3/h9-13,18H,5,8H2,1-4,6-7H3,(H,22,23)/b10-9-,20-17?. The predicted octanol–water partition coefficient (Wildman–Crippen LogP) is 3.75. The molecule has 0 saturated carbocycles. The van der Waals surface area contributed by atoms with Gasteiger partial charge in [0.2, 0.25) is 5.90 Å². The van der Waals surface area contributed by atoms with E-state index in [1.807, 2.05) is 20.8 Å². The molecule has 6 nitrogen and oxygen atoms in total. The molecule has 2 atom stereocenters. The van der Waals surface area contributed by atoms with Gasteiger partial charge >= 0.3 is 0 Å². The molecule has 0 aliphatic carbocycles. The number of carbonyl (C=O) groups is 1. The van der Waals surface area contributed by atoms with Gasteiger partial charge in [0.25, 0.3) is 5.91 Å². The summed E-state index contributed by atoms with van der Waals surface area (Å²) in [5, 5.41) is 6.63. The number of hydrogen-bond acceptors (Lipinski definition) is 5. The fourth-order valence-corrected chi connectivity index (χ4v) is 2.18. The Labute approximate surface area is 150 Å². The van der Waals surface area contributed by atoms with Gasteiger partial charge in [-0.2, -0.15) is 0 Å². The third kappa shape index (κ3) is 6.21. The Morgan fingerprint density at radius 1 is 1.44 bits per heavy atom. The maximum absolute atomic E-state index is 11.9. The molecule has 25 heavy (non-hydrogen) atoms. The van der Waals surface area contributed by atoms with Crippen molar-refractivity contribution in [3.8, 4) is 0 Å². The van der Waals surface area contributed by atoms with Gasteiger partial charge in [-0.15, -0.1) is 0 Å². The largest absolute Gasteiger partial charge is 0.469 e. The molecular formula is C19H29N3O3. The molecule has 138 valence electrons. The first-order valence-corrected chi connectivity index (χ1v) is 8.52. The molecular weight excluding hydrogens is 318 g/mol. The van der Waals surface area contributed by atoms with Gasteiger partial charge in [0.1, 0.15) is 11.9 Å². The average molecular weight is 347 g/mol. The van der Waals surface area contributed by atoms with E-state index in [1.54, 1.807) is 25.4 Å². The van der Waals surface area contributed by atoms with E-state index >= 15 is 0 Å². The second kappa shape index (κ2) is 9.81. The summed E-state index contributed by atoms with van der Waals surface area (Å²) < 4.78 is 11.2. The summed E-state index contributed by atoms with van der Waals surface area (Å²) >= 11 is 0. The second-order valence-corrected chi connectivity index (χ2v) is 6.31. The molecule has 0 spiro atoms. The van der Waals surface area contributed by atoms with Crippen LogP contribution in [-0.2, 0) is 9.53 Å². The van der Waals surface area contributed by atoms with Crippen molar-refractivity contribution in [1.29, 1.82) is 0 Å². The monoisotopic (exact) mass is 347 g/mol. The molecule has 0 bridgehead atoms. The van der Waals surface area contributed by atoms with Gasteiger partial charge < -0.3 is 14.6 Å². The van der Waals surface area contributed by atoms with E-state index in [1.165, 1.54) is 0 Å². The third-order valence-electron chi connectivity index (χ3n) is 3.86. The topological polar surface area (TPSA) is 76.7 Å². The molecule has 0 aliphatic rings. The van der Waals surface area contributed by atoms with Crippen LogP contribution < -0.4 is 5.32 Å². The molecule has 0 aliphatic heterocycles. The molecule has 1 rings (SSSR count). The normalized spacial score (nSPS) is 14.6. The Morgan fingerprint density at radius 2 is 2.12 bits per heavy atom. The summed E-state index contributed by atoms with van der Waals surface area (Å²) in [5.41, 5.74) is 1.25. The predicted molar refractivity (Wildman–Crippen MR) is 99.4 cm³/mol. The van der Waals surface area contributed by atoms with Gasteiger partial charge in [-0.3, -0.25) is 9.79 Å². The van der Waals surface area contributed by atoms with Crippen LogP contribution in [0.25, 0.3) is 0 Å². The number of aryl methyl sites for hydroxylation is 1. The van der Waals surface area contributed by atoms with Gasteiger partial charge in [-0.05, 0) is 39.2 Å². The zero-order valence-corrected chi connectivity index (χ0v) is 16.0. The summed E-state index contributed by atoms with van der Waals surface area (Å²) in [6.45, 7) is 13.6. The van der Waals surface area contributed by atoms with Crippen molar-refractivity contribution >= 4 is 11.8 Å². The van der Waals surface area contributed by atoms with Crippen molar-refractivity contribution < 1.29 is 14.1 Å². The zero-order valence-electron chi connectivity index (χ0n) is 16.0. The number of aromatic nitrogens is 1. The van der Waals surface area contributed by atoms with Crippen LogP contribution in [0.1, 0.15) is 51.5 Å². The van der Waals surface area contributed by atoms with Gasteiger partial charge in [-0.25, -0.2) is 0 Å². The van der Waals surface area contributed by atoms with Crippen molar-refractivity contribution in [2.75, 3.05) is 7.05 Å². The van der Waals surface area contributed by atoms with Crippen LogP contribution in [0.5, 0.6) is 0 Å². The van der Waals surface area contributed by atoms with E-state index < -0.39 is 0 Å². The van der Waals surface area contributed by atoms with Crippen molar-refractivity contribution in [1.82, 2.24) is 10.5 Å². The summed E-state index contributed by atoms with van der Waals surface area (Å²) in [4.78, 5) is 16.1. The van der Waals surface area contributed by atoms with Gasteiger partial charge in [0.15, 0.2) is 0 Å². The SMILES string of the molecule is C=C(/C=C\C(=NC)OC(c1cnoc1C)C(C)CC)C(=O)NC(C)C. The van der Waals surface area contributed by atoms with Crippen LogP contribution in [0.2, 0.25) is 0 Å². The van der Waals surface area contributed by atoms with Gasteiger partial charge in [0, 0.05) is 24.7 Å². The van der Waals surface area contributed by atoms with Crippen molar-refractivity contribution in [2.24, 2.45) is 10.9 Å². The number of nitrogens with one attached hydrogen (secondary N) is 1. The van der Waals surface area contributed by atoms with Crippen LogP contribution in [0.3, 0.4) is 0 Å². The summed E-state index contributed by atoms with van der Waals surface area (Å²) in [7, 11) is 1.64. The van der Waals surface area contributed by atoms with E-state index in [0.29, 0.717) is 11.5 Å². The molecule has 2 unspecified atom stereocenters. The molecule has 1 amide bonds. The van der Waals surface area contributed by atoms with Crippen molar-refractivity contribution in [3.63, 3.8) is 0 Å². The fourth-order valence-electron chi connectivity index (χ4n) is 2.18. The maximum atomic E-state index is 11.9. The molecule has 1 aromatic heterocycles. The molecule has 1 aromatic rings. The first-order chi connectivity index (χ1) is 11.8. The third-order valence-corrected chi connectivity index (χ3v) is 3.86. The van der Waals surface area contributed by atoms with Crippen LogP contribution >= 0.6 is 0 Å². The molecule has 1 N–H and O–H groups in total. The molecule has 0 saturated heterocycles. The number of aliphatic imine (C=N–C) groups is 1. The summed E-state index contributed by atoms with van der Waals surface area (Å²) in [5.74, 6) is 1.18. The van der Waals surface area contributed by atoms with E-state index in [2.05, 4.69) is 35.9 Å². The summed E-state index contributed by atoms with van der Waals surface area (Å²) in [6.07, 6.45) is 5.64. The Hall–Kier alpha value is -2.37. The van der Waals surface area contributed by atoms with Crippen molar-refractivity contribution in [3.05, 3.63) is 41.8 Å². The number of ether oxygens (including phenoxy) is 1. The minimum absolute atomic E-state index is 0.0552. The van der Waals surface area contributed by atoms with E-state index in [9.17, 15) is 4.79 Å². The highest BCUT2D eigenvalue weighted by Crippen LogP contribution is 2.30. The minimum atomic E-state index is -0.225. The molecule has 1 heterocycles. The second-order valence-electron chi connectivity index (χ2n) is 6.31. The van der Waals surface area contributed by atoms with Gasteiger partial charge in [0.05, 0.1) is 11.8 Å². The van der Waals surface area contributed by atoms with E-state index in [4.69, 9.17) is 9.26 Å². The first kappa shape index (κ1) is 20.7. The lowest BCUT2D eigenvalue weighted by Crippen LogP contribution is -2.30. The maximum Gasteiger partial charge on any atom is 0.250 e. The van der Waals surface area contributed by atoms with Gasteiger partial charge in [-0.1, -0.05) is 25.6 Å². The quantitative estimate of drug-likeness (QED) is 0.336. The van der Waals surface area contributed by atoms with E-state index in [-0.39, 0.29) is 24.0 Å². The number of amides is 1. The lowest BCUT2D eigenvalue weighted by molar-refractivity contribution is -0.117. The van der Waals surface area contributed by atoms with E-state index in [0.717, 1.165) is 17.7 Å². The number of hydrogen-bond donors (Lipinski definition) is 1. The lowest BCUT2D eigenvalue weighted by Gasteiger charge is -2.23. The fraction of sp³-hybridized carbons (Fsp3) is 0.526. The lowest BCUT2D eigenvalue weighted by atomic mass is 9.96. The van der Waals surface area contributed by atoms with Crippen LogP contribution in [0.4, 0.5) is 0 Å². The van der Waals surface area contributed by atoms with Crippen LogP contribution in [-0.4, -0.2) is 30.1 Å². The number of carbonyl (C=O) groups excluding carboxylic acids is 1. The molecule has 0 radical (unpaired) electrons. The Bertz CT molecular complexity index is 644. The minimum Gasteiger partial charge on any atom is -0.469 e. The Morgan fingerprint density at radius 3 is 2.60 bits per heavy atom. The molecule has 0 aromatic carbocycles. The highest BCUT2D eigenvalue weighted by molar-refractivity contribution is 5.98. The average Bonchev–Trinajstić information content (AvgIpc) is 2.99. The number of rotatable bonds is 8. The Kier molecular flexibility index (Phi) is 8.11. The zero-order chi connectivity index (χ0) is 19.0. The van der Waals surface area contributed by atoms with Crippen molar-refractivity contribution in [2.45, 2.75) is 53.2 Å².